The largest absolute Gasteiger partial charge is 0.384 e. The Hall–Kier alpha value is -1.05. The average molecular weight is 296 g/mol. The van der Waals surface area contributed by atoms with Crippen molar-refractivity contribution in [3.05, 3.63) is 29.3 Å². The van der Waals surface area contributed by atoms with E-state index in [9.17, 15) is 0 Å². The molecule has 0 saturated heterocycles. The maximum atomic E-state index is 7.58. The summed E-state index contributed by atoms with van der Waals surface area (Å²) in [6.45, 7) is 2.02. The van der Waals surface area contributed by atoms with Crippen molar-refractivity contribution in [2.24, 2.45) is 5.73 Å². The molecule has 0 spiro atoms. The van der Waals surface area contributed by atoms with E-state index < -0.39 is 0 Å². The van der Waals surface area contributed by atoms with Crippen molar-refractivity contribution in [2.45, 2.75) is 20.5 Å². The van der Waals surface area contributed by atoms with Crippen LogP contribution in [0.5, 0.6) is 0 Å². The van der Waals surface area contributed by atoms with Gasteiger partial charge in [0.15, 0.2) is 8.68 Å². The lowest BCUT2D eigenvalue weighted by atomic mass is 10.1. The molecular formula is C11H12N4S3. The molecule has 0 aliphatic rings. The Morgan fingerprint density at radius 2 is 2.06 bits per heavy atom. The molecule has 7 heteroatoms. The van der Waals surface area contributed by atoms with E-state index in [0.717, 1.165) is 24.7 Å². The molecule has 1 heterocycles. The molecule has 0 radical (unpaired) electrons. The third-order valence-electron chi connectivity index (χ3n) is 2.19. The van der Waals surface area contributed by atoms with Gasteiger partial charge in [-0.25, -0.2) is 0 Å². The van der Waals surface area contributed by atoms with Gasteiger partial charge in [-0.05, 0) is 30.9 Å². The lowest BCUT2D eigenvalue weighted by Crippen LogP contribution is -2.12. The highest BCUT2D eigenvalue weighted by atomic mass is 32.2. The number of nitrogens with zero attached hydrogens (tertiary/aromatic N) is 2. The number of nitrogen functional groups attached to an aromatic ring is 1. The van der Waals surface area contributed by atoms with Crippen LogP contribution in [0.25, 0.3) is 0 Å². The zero-order valence-corrected chi connectivity index (χ0v) is 12.4. The standard InChI is InChI=1S/C11H12N4S3/c1-6-3-4-7(9(12)13)8(5-6)17-11-15-14-10(16-2)18-11/h3-5H,1-2H3,(H3,12,13). The fourth-order valence-corrected chi connectivity index (χ4v) is 3.99. The highest BCUT2D eigenvalue weighted by Crippen LogP contribution is 2.34. The van der Waals surface area contributed by atoms with E-state index >= 15 is 0 Å². The lowest BCUT2D eigenvalue weighted by Gasteiger charge is -2.06. The van der Waals surface area contributed by atoms with Crippen LogP contribution in [0.4, 0.5) is 0 Å². The van der Waals surface area contributed by atoms with Gasteiger partial charge in [0, 0.05) is 10.5 Å². The Kier molecular flexibility index (Phi) is 4.26. The minimum absolute atomic E-state index is 0.0760. The number of thioether (sulfide) groups is 1. The first kappa shape index (κ1) is 13.4. The summed E-state index contributed by atoms with van der Waals surface area (Å²) >= 11 is 4.63. The van der Waals surface area contributed by atoms with Crippen molar-refractivity contribution in [1.82, 2.24) is 10.2 Å². The molecule has 0 atom stereocenters. The molecule has 0 fully saturated rings. The molecule has 3 N–H and O–H groups in total. The highest BCUT2D eigenvalue weighted by Gasteiger charge is 2.11. The molecule has 0 unspecified atom stereocenters. The molecule has 0 aliphatic heterocycles. The molecule has 0 amide bonds. The molecule has 2 rings (SSSR count). The number of aryl methyl sites for hydroxylation is 1. The lowest BCUT2D eigenvalue weighted by molar-refractivity contribution is 0.955. The SMILES string of the molecule is CSc1nnc(Sc2cc(C)ccc2C(=N)N)s1. The summed E-state index contributed by atoms with van der Waals surface area (Å²) in [5.74, 6) is 0.0760. The molecular weight excluding hydrogens is 284 g/mol. The fourth-order valence-electron chi connectivity index (χ4n) is 1.35. The summed E-state index contributed by atoms with van der Waals surface area (Å²) in [6.07, 6.45) is 1.97. The summed E-state index contributed by atoms with van der Waals surface area (Å²) in [5, 5.41) is 15.7. The molecule has 94 valence electrons. The summed E-state index contributed by atoms with van der Waals surface area (Å²) in [5.41, 5.74) is 7.46. The van der Waals surface area contributed by atoms with E-state index in [-0.39, 0.29) is 5.84 Å². The quantitative estimate of drug-likeness (QED) is 0.515. The Bertz CT molecular complexity index is 579. The Morgan fingerprint density at radius 3 is 2.67 bits per heavy atom. The Morgan fingerprint density at radius 1 is 1.33 bits per heavy atom. The maximum absolute atomic E-state index is 7.58. The van der Waals surface area contributed by atoms with Crippen LogP contribution in [0, 0.1) is 12.3 Å². The van der Waals surface area contributed by atoms with Crippen LogP contribution in [0.1, 0.15) is 11.1 Å². The highest BCUT2D eigenvalue weighted by molar-refractivity contribution is 8.03. The van der Waals surface area contributed by atoms with Crippen molar-refractivity contribution < 1.29 is 0 Å². The fraction of sp³-hybridized carbons (Fsp3) is 0.182. The third-order valence-corrected chi connectivity index (χ3v) is 5.19. The second-order valence-corrected chi connectivity index (χ2v) is 6.87. The number of aromatic nitrogens is 2. The summed E-state index contributed by atoms with van der Waals surface area (Å²) in [4.78, 5) is 0.950. The van der Waals surface area contributed by atoms with E-state index in [1.54, 1.807) is 23.1 Å². The molecule has 2 aromatic rings. The number of nitrogens with one attached hydrogen (secondary N) is 1. The van der Waals surface area contributed by atoms with Gasteiger partial charge in [-0.15, -0.1) is 10.2 Å². The molecule has 0 aliphatic carbocycles. The van der Waals surface area contributed by atoms with Gasteiger partial charge < -0.3 is 5.73 Å². The van der Waals surface area contributed by atoms with E-state index in [1.807, 2.05) is 31.4 Å². The minimum Gasteiger partial charge on any atom is -0.384 e. The zero-order valence-electron chi connectivity index (χ0n) is 9.93. The number of benzene rings is 1. The number of rotatable bonds is 4. The van der Waals surface area contributed by atoms with Gasteiger partial charge in [0.1, 0.15) is 5.84 Å². The molecule has 18 heavy (non-hydrogen) atoms. The van der Waals surface area contributed by atoms with Crippen LogP contribution in [0.15, 0.2) is 31.8 Å². The molecule has 1 aromatic heterocycles. The summed E-state index contributed by atoms with van der Waals surface area (Å²) in [6, 6.07) is 5.84. The van der Waals surface area contributed by atoms with Gasteiger partial charge >= 0.3 is 0 Å². The van der Waals surface area contributed by atoms with Crippen molar-refractivity contribution in [3.8, 4) is 0 Å². The number of hydrogen-bond acceptors (Lipinski definition) is 6. The Balaban J connectivity index is 2.32. The van der Waals surface area contributed by atoms with Crippen molar-refractivity contribution >= 4 is 40.7 Å². The smallest absolute Gasteiger partial charge is 0.179 e. The summed E-state index contributed by atoms with van der Waals surface area (Å²) in [7, 11) is 0. The predicted molar refractivity (Wildman–Crippen MR) is 78.0 cm³/mol. The van der Waals surface area contributed by atoms with E-state index in [2.05, 4.69) is 10.2 Å². The van der Waals surface area contributed by atoms with Gasteiger partial charge in [0.2, 0.25) is 0 Å². The van der Waals surface area contributed by atoms with Crippen LogP contribution in [-0.4, -0.2) is 22.3 Å². The van der Waals surface area contributed by atoms with Crippen molar-refractivity contribution in [3.63, 3.8) is 0 Å². The normalized spacial score (nSPS) is 10.6. The van der Waals surface area contributed by atoms with Crippen molar-refractivity contribution in [2.75, 3.05) is 6.26 Å². The number of hydrogen-bond donors (Lipinski definition) is 2. The second-order valence-electron chi connectivity index (χ2n) is 3.55. The second kappa shape index (κ2) is 5.73. The number of amidine groups is 1. The first-order valence-corrected chi connectivity index (χ1v) is 7.96. The van der Waals surface area contributed by atoms with Gasteiger partial charge in [0.05, 0.1) is 0 Å². The molecule has 0 bridgehead atoms. The van der Waals surface area contributed by atoms with Crippen LogP contribution in [-0.2, 0) is 0 Å². The predicted octanol–water partition coefficient (Wildman–Crippen LogP) is 3.00. The third kappa shape index (κ3) is 3.04. The van der Waals surface area contributed by atoms with E-state index in [4.69, 9.17) is 11.1 Å². The Labute approximate surface area is 118 Å². The van der Waals surface area contributed by atoms with Crippen LogP contribution < -0.4 is 5.73 Å². The van der Waals surface area contributed by atoms with E-state index in [0.29, 0.717) is 0 Å². The van der Waals surface area contributed by atoms with Gasteiger partial charge in [-0.1, -0.05) is 40.9 Å². The molecule has 4 nitrogen and oxygen atoms in total. The van der Waals surface area contributed by atoms with Crippen LogP contribution in [0.3, 0.4) is 0 Å². The molecule has 0 saturated carbocycles. The number of nitrogens with two attached hydrogens (primary N) is 1. The minimum atomic E-state index is 0.0760. The van der Waals surface area contributed by atoms with Gasteiger partial charge in [0.25, 0.3) is 0 Å². The first-order valence-electron chi connectivity index (χ1n) is 5.10. The molecule has 1 aromatic carbocycles. The topological polar surface area (TPSA) is 75.7 Å². The van der Waals surface area contributed by atoms with Crippen LogP contribution >= 0.6 is 34.9 Å². The van der Waals surface area contributed by atoms with E-state index in [1.165, 1.54) is 11.8 Å². The van der Waals surface area contributed by atoms with Crippen molar-refractivity contribution in [1.29, 1.82) is 5.41 Å². The average Bonchev–Trinajstić information content (AvgIpc) is 2.76. The summed E-state index contributed by atoms with van der Waals surface area (Å²) < 4.78 is 1.81. The van der Waals surface area contributed by atoms with Gasteiger partial charge in [-0.3, -0.25) is 5.41 Å². The monoisotopic (exact) mass is 296 g/mol. The van der Waals surface area contributed by atoms with Gasteiger partial charge in [-0.2, -0.15) is 0 Å². The first-order chi connectivity index (χ1) is 8.60. The maximum Gasteiger partial charge on any atom is 0.179 e. The zero-order chi connectivity index (χ0) is 13.1. The van der Waals surface area contributed by atoms with Crippen LogP contribution in [0.2, 0.25) is 0 Å².